The lowest BCUT2D eigenvalue weighted by atomic mass is 10.0. The van der Waals surface area contributed by atoms with Crippen LogP contribution in [-0.4, -0.2) is 34.9 Å². The number of para-hydroxylation sites is 2. The number of rotatable bonds is 4. The van der Waals surface area contributed by atoms with Crippen molar-refractivity contribution in [1.29, 1.82) is 0 Å². The van der Waals surface area contributed by atoms with Crippen LogP contribution < -0.4 is 4.90 Å². The van der Waals surface area contributed by atoms with Gasteiger partial charge in [-0.2, -0.15) is 0 Å². The van der Waals surface area contributed by atoms with Gasteiger partial charge in [0.1, 0.15) is 0 Å². The van der Waals surface area contributed by atoms with Gasteiger partial charge in [0, 0.05) is 47.4 Å². The van der Waals surface area contributed by atoms with Crippen molar-refractivity contribution in [2.45, 2.75) is 18.9 Å². The summed E-state index contributed by atoms with van der Waals surface area (Å²) in [6.45, 7) is 1.48. The summed E-state index contributed by atoms with van der Waals surface area (Å²) in [5, 5.41) is 0. The van der Waals surface area contributed by atoms with E-state index in [0.717, 1.165) is 30.4 Å². The SMILES string of the molecule is O=C(c1cncc(Br)c1)N1CCC(N(c2ccccc2)c2ccccc2)CC1. The number of pyridine rings is 1. The molecule has 5 heteroatoms. The first-order valence-electron chi connectivity index (χ1n) is 9.51. The van der Waals surface area contributed by atoms with Gasteiger partial charge < -0.3 is 9.80 Å². The van der Waals surface area contributed by atoms with Gasteiger partial charge >= 0.3 is 0 Å². The number of carbonyl (C=O) groups is 1. The lowest BCUT2D eigenvalue weighted by Crippen LogP contribution is -2.45. The molecule has 1 aliphatic rings. The van der Waals surface area contributed by atoms with Crippen LogP contribution in [0.2, 0.25) is 0 Å². The van der Waals surface area contributed by atoms with Gasteiger partial charge in [0.05, 0.1) is 5.56 Å². The first-order valence-corrected chi connectivity index (χ1v) is 10.3. The molecule has 0 atom stereocenters. The molecule has 0 radical (unpaired) electrons. The number of likely N-dealkylation sites (tertiary alicyclic amines) is 1. The highest BCUT2D eigenvalue weighted by Crippen LogP contribution is 2.32. The van der Waals surface area contributed by atoms with Crippen LogP contribution in [0.4, 0.5) is 11.4 Å². The van der Waals surface area contributed by atoms with Crippen LogP contribution >= 0.6 is 15.9 Å². The van der Waals surface area contributed by atoms with Gasteiger partial charge in [0.15, 0.2) is 0 Å². The number of nitrogens with zero attached hydrogens (tertiary/aromatic N) is 3. The maximum absolute atomic E-state index is 12.8. The fourth-order valence-electron chi connectivity index (χ4n) is 3.79. The standard InChI is InChI=1S/C23H22BrN3O/c24-19-15-18(16-25-17-19)23(28)26-13-11-22(12-14-26)27(20-7-3-1-4-8-20)21-9-5-2-6-10-21/h1-10,15-17,22H,11-14H2. The van der Waals surface area contributed by atoms with Crippen LogP contribution in [-0.2, 0) is 0 Å². The molecule has 1 aliphatic heterocycles. The van der Waals surface area contributed by atoms with E-state index >= 15 is 0 Å². The monoisotopic (exact) mass is 435 g/mol. The number of benzene rings is 2. The molecular weight excluding hydrogens is 414 g/mol. The molecule has 0 spiro atoms. The third-order valence-corrected chi connectivity index (χ3v) is 5.57. The molecule has 0 N–H and O–H groups in total. The maximum atomic E-state index is 12.8. The summed E-state index contributed by atoms with van der Waals surface area (Å²) in [5.41, 5.74) is 3.01. The molecule has 1 amide bonds. The summed E-state index contributed by atoms with van der Waals surface area (Å²) in [6.07, 6.45) is 5.19. The number of hydrogen-bond donors (Lipinski definition) is 0. The number of carbonyl (C=O) groups excluding carboxylic acids is 1. The first kappa shape index (κ1) is 18.7. The summed E-state index contributed by atoms with van der Waals surface area (Å²) in [5.74, 6) is 0.0539. The number of anilines is 2. The van der Waals surface area contributed by atoms with Gasteiger partial charge in [-0.15, -0.1) is 0 Å². The van der Waals surface area contributed by atoms with Gasteiger partial charge in [0.2, 0.25) is 0 Å². The van der Waals surface area contributed by atoms with Crippen LogP contribution in [0.25, 0.3) is 0 Å². The zero-order valence-electron chi connectivity index (χ0n) is 15.5. The van der Waals surface area contributed by atoms with E-state index in [2.05, 4.69) is 74.3 Å². The fraction of sp³-hybridized carbons (Fsp3) is 0.217. The van der Waals surface area contributed by atoms with E-state index in [9.17, 15) is 4.79 Å². The molecule has 1 aromatic heterocycles. The van der Waals surface area contributed by atoms with Crippen LogP contribution in [0.3, 0.4) is 0 Å². The van der Waals surface area contributed by atoms with Crippen molar-refractivity contribution in [2.24, 2.45) is 0 Å². The second-order valence-corrected chi connectivity index (χ2v) is 7.87. The van der Waals surface area contributed by atoms with Gasteiger partial charge in [0.25, 0.3) is 5.91 Å². The number of amides is 1. The quantitative estimate of drug-likeness (QED) is 0.558. The molecular formula is C23H22BrN3O. The van der Waals surface area contributed by atoms with E-state index in [1.54, 1.807) is 12.4 Å². The van der Waals surface area contributed by atoms with Crippen LogP contribution in [0.1, 0.15) is 23.2 Å². The lowest BCUT2D eigenvalue weighted by Gasteiger charge is -2.40. The van der Waals surface area contributed by atoms with E-state index in [1.165, 1.54) is 11.4 Å². The second-order valence-electron chi connectivity index (χ2n) is 6.96. The Balaban J connectivity index is 1.51. The molecule has 28 heavy (non-hydrogen) atoms. The topological polar surface area (TPSA) is 36.4 Å². The maximum Gasteiger partial charge on any atom is 0.255 e. The van der Waals surface area contributed by atoms with E-state index < -0.39 is 0 Å². The average Bonchev–Trinajstić information content (AvgIpc) is 2.75. The van der Waals surface area contributed by atoms with Gasteiger partial charge in [-0.1, -0.05) is 36.4 Å². The Kier molecular flexibility index (Phi) is 5.72. The summed E-state index contributed by atoms with van der Waals surface area (Å²) >= 11 is 3.39. The number of halogens is 1. The number of piperidine rings is 1. The van der Waals surface area contributed by atoms with Crippen molar-refractivity contribution in [2.75, 3.05) is 18.0 Å². The summed E-state index contributed by atoms with van der Waals surface area (Å²) < 4.78 is 0.826. The highest BCUT2D eigenvalue weighted by Gasteiger charge is 2.28. The van der Waals surface area contributed by atoms with Crippen molar-refractivity contribution in [3.05, 3.63) is 89.2 Å². The van der Waals surface area contributed by atoms with Crippen molar-refractivity contribution in [3.8, 4) is 0 Å². The molecule has 142 valence electrons. The minimum absolute atomic E-state index is 0.0539. The van der Waals surface area contributed by atoms with Crippen LogP contribution in [0, 0.1) is 0 Å². The molecule has 1 saturated heterocycles. The molecule has 4 nitrogen and oxygen atoms in total. The zero-order chi connectivity index (χ0) is 19.3. The van der Waals surface area contributed by atoms with E-state index in [4.69, 9.17) is 0 Å². The molecule has 0 bridgehead atoms. The molecule has 2 heterocycles. The predicted molar refractivity (Wildman–Crippen MR) is 116 cm³/mol. The fourth-order valence-corrected chi connectivity index (χ4v) is 4.15. The molecule has 0 aliphatic carbocycles. The Bertz CT molecular complexity index is 885. The third kappa shape index (κ3) is 4.09. The number of hydrogen-bond acceptors (Lipinski definition) is 3. The average molecular weight is 436 g/mol. The van der Waals surface area contributed by atoms with E-state index in [0.29, 0.717) is 11.6 Å². The third-order valence-electron chi connectivity index (χ3n) is 5.14. The lowest BCUT2D eigenvalue weighted by molar-refractivity contribution is 0.0714. The first-order chi connectivity index (χ1) is 13.7. The molecule has 4 rings (SSSR count). The summed E-state index contributed by atoms with van der Waals surface area (Å²) in [4.78, 5) is 21.3. The van der Waals surface area contributed by atoms with E-state index in [1.807, 2.05) is 23.1 Å². The zero-order valence-corrected chi connectivity index (χ0v) is 17.1. The molecule has 2 aromatic carbocycles. The Morgan fingerprint density at radius 3 is 2.04 bits per heavy atom. The highest BCUT2D eigenvalue weighted by molar-refractivity contribution is 9.10. The summed E-state index contributed by atoms with van der Waals surface area (Å²) in [6, 6.07) is 23.2. The Hall–Kier alpha value is -2.66. The van der Waals surface area contributed by atoms with E-state index in [-0.39, 0.29) is 5.91 Å². The van der Waals surface area contributed by atoms with Crippen molar-refractivity contribution < 1.29 is 4.79 Å². The number of aromatic nitrogens is 1. The van der Waals surface area contributed by atoms with Gasteiger partial charge in [-0.3, -0.25) is 9.78 Å². The highest BCUT2D eigenvalue weighted by atomic mass is 79.9. The molecule has 1 fully saturated rings. The molecule has 3 aromatic rings. The Morgan fingerprint density at radius 1 is 0.929 bits per heavy atom. The minimum Gasteiger partial charge on any atom is -0.338 e. The Labute approximate surface area is 173 Å². The largest absolute Gasteiger partial charge is 0.338 e. The van der Waals surface area contributed by atoms with Crippen LogP contribution in [0.5, 0.6) is 0 Å². The Morgan fingerprint density at radius 2 is 1.50 bits per heavy atom. The van der Waals surface area contributed by atoms with Gasteiger partial charge in [-0.05, 0) is 59.1 Å². The normalized spacial score (nSPS) is 14.7. The summed E-state index contributed by atoms with van der Waals surface area (Å²) in [7, 11) is 0. The van der Waals surface area contributed by atoms with Crippen molar-refractivity contribution in [1.82, 2.24) is 9.88 Å². The van der Waals surface area contributed by atoms with Crippen molar-refractivity contribution in [3.63, 3.8) is 0 Å². The second kappa shape index (κ2) is 8.57. The minimum atomic E-state index is 0.0539. The van der Waals surface area contributed by atoms with Crippen molar-refractivity contribution >= 4 is 33.2 Å². The predicted octanol–water partition coefficient (Wildman–Crippen LogP) is 5.29. The molecule has 0 unspecified atom stereocenters. The van der Waals surface area contributed by atoms with Crippen LogP contribution in [0.15, 0.2) is 83.6 Å². The smallest absolute Gasteiger partial charge is 0.255 e. The van der Waals surface area contributed by atoms with Gasteiger partial charge in [-0.25, -0.2) is 0 Å². The molecule has 0 saturated carbocycles.